The monoisotopic (exact) mass is 402 g/mol. The molecule has 1 heteroatoms. The normalized spacial score (nSPS) is 25.7. The lowest BCUT2D eigenvalue weighted by atomic mass is 9.51. The van der Waals surface area contributed by atoms with Crippen LogP contribution in [0.2, 0.25) is 0 Å². The first-order chi connectivity index (χ1) is 14.7. The van der Waals surface area contributed by atoms with Gasteiger partial charge in [0, 0.05) is 0 Å². The van der Waals surface area contributed by atoms with E-state index < -0.39 is 0 Å². The summed E-state index contributed by atoms with van der Waals surface area (Å²) in [7, 11) is 0. The molecule has 1 nitrogen and oxygen atoms in total. The second-order valence-corrected chi connectivity index (χ2v) is 9.70. The van der Waals surface area contributed by atoms with Crippen molar-refractivity contribution in [1.82, 2.24) is 0 Å². The Hall–Kier alpha value is -2.02. The van der Waals surface area contributed by atoms with Crippen molar-refractivity contribution in [2.75, 3.05) is 6.61 Å². The molecule has 30 heavy (non-hydrogen) atoms. The van der Waals surface area contributed by atoms with Crippen LogP contribution < -0.4 is 4.74 Å². The Morgan fingerprint density at radius 2 is 1.33 bits per heavy atom. The number of unbranched alkanes of at least 4 members (excludes halogenated alkanes) is 1. The molecule has 3 aliphatic rings. The average Bonchev–Trinajstić information content (AvgIpc) is 2.81. The highest BCUT2D eigenvalue weighted by atomic mass is 16.5. The summed E-state index contributed by atoms with van der Waals surface area (Å²) >= 11 is 0. The zero-order valence-electron chi connectivity index (χ0n) is 19.0. The van der Waals surface area contributed by atoms with Crippen molar-refractivity contribution < 1.29 is 4.74 Å². The van der Waals surface area contributed by atoms with Crippen molar-refractivity contribution in [3.8, 4) is 16.9 Å². The molecular formula is C29H38O. The standard InChI is InChI=1S/C29H38O/c1-3-5-6-7-23-30-27-14-10-25(11-15-27)24-8-12-26(13-9-24)29-20-17-28(16-4-2,18-21-29)19-22-29/h6-15H,3-5,16-23H2,1-2H3/b7-6+. The maximum atomic E-state index is 5.81. The number of hydrogen-bond donors (Lipinski definition) is 0. The van der Waals surface area contributed by atoms with Crippen LogP contribution >= 0.6 is 0 Å². The van der Waals surface area contributed by atoms with Gasteiger partial charge in [-0.25, -0.2) is 0 Å². The Morgan fingerprint density at radius 1 is 0.733 bits per heavy atom. The number of hydrogen-bond acceptors (Lipinski definition) is 1. The van der Waals surface area contributed by atoms with E-state index in [1.165, 1.54) is 68.9 Å². The molecule has 2 aromatic rings. The zero-order valence-corrected chi connectivity index (χ0v) is 19.0. The Balaban J connectivity index is 1.38. The summed E-state index contributed by atoms with van der Waals surface area (Å²) < 4.78 is 5.81. The zero-order chi connectivity index (χ0) is 20.9. The number of allylic oxidation sites excluding steroid dienone is 1. The first kappa shape index (κ1) is 21.2. The van der Waals surface area contributed by atoms with Gasteiger partial charge in [-0.1, -0.05) is 75.2 Å². The Labute approximate surface area is 183 Å². The van der Waals surface area contributed by atoms with Gasteiger partial charge in [-0.2, -0.15) is 0 Å². The third kappa shape index (κ3) is 4.51. The van der Waals surface area contributed by atoms with E-state index in [4.69, 9.17) is 4.74 Å². The second kappa shape index (κ2) is 9.41. The SMILES string of the molecule is CCC/C=C/COc1ccc(-c2ccc(C34CCC(CCC)(CC3)CC4)cc2)cc1. The van der Waals surface area contributed by atoms with E-state index in [0.717, 1.165) is 12.2 Å². The van der Waals surface area contributed by atoms with Gasteiger partial charge in [0.05, 0.1) is 0 Å². The molecule has 0 N–H and O–H groups in total. The van der Waals surface area contributed by atoms with Crippen LogP contribution in [0.25, 0.3) is 11.1 Å². The van der Waals surface area contributed by atoms with Crippen LogP contribution in [-0.4, -0.2) is 6.61 Å². The minimum Gasteiger partial charge on any atom is -0.490 e. The molecule has 0 atom stereocenters. The first-order valence-electron chi connectivity index (χ1n) is 12.2. The number of ether oxygens (including phenoxy) is 1. The van der Waals surface area contributed by atoms with E-state index in [1.807, 2.05) is 0 Å². The van der Waals surface area contributed by atoms with Crippen LogP contribution in [0, 0.1) is 5.41 Å². The molecule has 2 aromatic carbocycles. The van der Waals surface area contributed by atoms with Gasteiger partial charge < -0.3 is 4.74 Å². The lowest BCUT2D eigenvalue weighted by molar-refractivity contribution is 0.0320. The lowest BCUT2D eigenvalue weighted by Crippen LogP contribution is -2.44. The molecule has 0 saturated heterocycles. The minimum atomic E-state index is 0.455. The number of fused-ring (bicyclic) bond motifs is 3. The summed E-state index contributed by atoms with van der Waals surface area (Å²) in [5, 5.41) is 0. The fourth-order valence-electron chi connectivity index (χ4n) is 5.86. The third-order valence-electron chi connectivity index (χ3n) is 7.84. The molecule has 160 valence electrons. The summed E-state index contributed by atoms with van der Waals surface area (Å²) in [6, 6.07) is 18.0. The highest BCUT2D eigenvalue weighted by molar-refractivity contribution is 5.64. The van der Waals surface area contributed by atoms with Crippen LogP contribution in [0.15, 0.2) is 60.7 Å². The quantitative estimate of drug-likeness (QED) is 0.382. The van der Waals surface area contributed by atoms with E-state index in [1.54, 1.807) is 5.56 Å². The van der Waals surface area contributed by atoms with Gasteiger partial charge in [-0.3, -0.25) is 0 Å². The molecule has 0 aromatic heterocycles. The third-order valence-corrected chi connectivity index (χ3v) is 7.84. The van der Waals surface area contributed by atoms with Crippen molar-refractivity contribution in [2.45, 2.75) is 83.5 Å². The molecule has 0 spiro atoms. The fourth-order valence-corrected chi connectivity index (χ4v) is 5.86. The second-order valence-electron chi connectivity index (χ2n) is 9.70. The molecule has 5 rings (SSSR count). The molecule has 2 bridgehead atoms. The molecule has 0 aliphatic heterocycles. The molecular weight excluding hydrogens is 364 g/mol. The van der Waals surface area contributed by atoms with E-state index >= 15 is 0 Å². The van der Waals surface area contributed by atoms with Gasteiger partial charge >= 0.3 is 0 Å². The van der Waals surface area contributed by atoms with Gasteiger partial charge in [0.1, 0.15) is 12.4 Å². The van der Waals surface area contributed by atoms with Crippen LogP contribution in [0.1, 0.15) is 83.6 Å². The smallest absolute Gasteiger partial charge is 0.119 e. The Morgan fingerprint density at radius 3 is 1.90 bits per heavy atom. The maximum Gasteiger partial charge on any atom is 0.119 e. The van der Waals surface area contributed by atoms with Crippen molar-refractivity contribution >= 4 is 0 Å². The van der Waals surface area contributed by atoms with Gasteiger partial charge in [-0.05, 0) is 91.0 Å². The van der Waals surface area contributed by atoms with Gasteiger partial charge in [0.15, 0.2) is 0 Å². The van der Waals surface area contributed by atoms with Crippen molar-refractivity contribution in [2.24, 2.45) is 5.41 Å². The largest absolute Gasteiger partial charge is 0.490 e. The number of benzene rings is 2. The molecule has 3 aliphatic carbocycles. The summed E-state index contributed by atoms with van der Waals surface area (Å²) in [5.41, 5.74) is 5.29. The summed E-state index contributed by atoms with van der Waals surface area (Å²) in [5.74, 6) is 0.940. The average molecular weight is 403 g/mol. The molecule has 0 heterocycles. The molecule has 0 unspecified atom stereocenters. The Kier molecular flexibility index (Phi) is 6.66. The highest BCUT2D eigenvalue weighted by Crippen LogP contribution is 2.59. The molecule has 3 saturated carbocycles. The predicted octanol–water partition coefficient (Wildman–Crippen LogP) is 8.48. The van der Waals surface area contributed by atoms with Crippen LogP contribution in [0.5, 0.6) is 5.75 Å². The lowest BCUT2D eigenvalue weighted by Gasteiger charge is -2.54. The predicted molar refractivity (Wildman–Crippen MR) is 128 cm³/mol. The number of rotatable bonds is 9. The fraction of sp³-hybridized carbons (Fsp3) is 0.517. The van der Waals surface area contributed by atoms with E-state index in [-0.39, 0.29) is 0 Å². The van der Waals surface area contributed by atoms with Gasteiger partial charge in [0.2, 0.25) is 0 Å². The summed E-state index contributed by atoms with van der Waals surface area (Å²) in [6.45, 7) is 5.20. The maximum absolute atomic E-state index is 5.81. The van der Waals surface area contributed by atoms with Crippen LogP contribution in [-0.2, 0) is 5.41 Å². The van der Waals surface area contributed by atoms with E-state index in [0.29, 0.717) is 17.4 Å². The Bertz CT molecular complexity index is 803. The van der Waals surface area contributed by atoms with E-state index in [2.05, 4.69) is 74.5 Å². The van der Waals surface area contributed by atoms with Crippen LogP contribution in [0.3, 0.4) is 0 Å². The van der Waals surface area contributed by atoms with E-state index in [9.17, 15) is 0 Å². The van der Waals surface area contributed by atoms with Crippen LogP contribution in [0.4, 0.5) is 0 Å². The molecule has 3 fully saturated rings. The highest BCUT2D eigenvalue weighted by Gasteiger charge is 2.48. The van der Waals surface area contributed by atoms with Crippen molar-refractivity contribution in [3.05, 3.63) is 66.2 Å². The van der Waals surface area contributed by atoms with Crippen molar-refractivity contribution in [3.63, 3.8) is 0 Å². The molecule has 0 amide bonds. The minimum absolute atomic E-state index is 0.455. The van der Waals surface area contributed by atoms with Gasteiger partial charge in [0.25, 0.3) is 0 Å². The first-order valence-corrected chi connectivity index (χ1v) is 12.2. The molecule has 0 radical (unpaired) electrons. The topological polar surface area (TPSA) is 9.23 Å². The van der Waals surface area contributed by atoms with Gasteiger partial charge in [-0.15, -0.1) is 0 Å². The summed E-state index contributed by atoms with van der Waals surface area (Å²) in [6.07, 6.45) is 17.9. The van der Waals surface area contributed by atoms with Crippen molar-refractivity contribution in [1.29, 1.82) is 0 Å². The summed E-state index contributed by atoms with van der Waals surface area (Å²) in [4.78, 5) is 0.